The van der Waals surface area contributed by atoms with E-state index in [0.29, 0.717) is 24.3 Å². The van der Waals surface area contributed by atoms with Gasteiger partial charge in [0.05, 0.1) is 20.3 Å². The number of carbonyl (C=O) groups excluding carboxylic acids is 2. The van der Waals surface area contributed by atoms with Gasteiger partial charge in [-0.1, -0.05) is 18.2 Å². The van der Waals surface area contributed by atoms with E-state index >= 15 is 0 Å². The van der Waals surface area contributed by atoms with Crippen LogP contribution in [-0.2, 0) is 9.59 Å². The normalized spacial score (nSPS) is 20.7. The average molecular weight is 436 g/mol. The number of methoxy groups -OCH3 is 2. The maximum Gasteiger partial charge on any atom is 0.225 e. The molecule has 32 heavy (non-hydrogen) atoms. The fraction of sp³-hybridized carbons (Fsp3) is 0.385. The van der Waals surface area contributed by atoms with Crippen molar-refractivity contribution in [1.29, 1.82) is 0 Å². The second-order valence-corrected chi connectivity index (χ2v) is 8.58. The van der Waals surface area contributed by atoms with Crippen LogP contribution in [0.25, 0.3) is 0 Å². The standard InChI is InChI=1S/C26H29NO5/c1-15(2)32-23-10-7-17(13-24(23)31-4)18-11-21-26(22(28)12-18)20(14-25(29)27-21)16-5-8-19(30-3)9-6-16/h5-10,13,15,18,20H,11-12,14H2,1-4H3,(H,27,29). The van der Waals surface area contributed by atoms with Crippen LogP contribution in [0.3, 0.4) is 0 Å². The third-order valence-corrected chi connectivity index (χ3v) is 6.08. The molecule has 1 heterocycles. The SMILES string of the molecule is COc1ccc(C2CC(=O)NC3=C2C(=O)CC(c2ccc(OC(C)C)c(OC)c2)C3)cc1. The molecule has 0 bridgehead atoms. The van der Waals surface area contributed by atoms with Crippen molar-refractivity contribution in [3.8, 4) is 17.2 Å². The van der Waals surface area contributed by atoms with Crippen LogP contribution < -0.4 is 19.5 Å². The van der Waals surface area contributed by atoms with Gasteiger partial charge >= 0.3 is 0 Å². The zero-order valence-corrected chi connectivity index (χ0v) is 18.9. The molecule has 1 N–H and O–H groups in total. The van der Waals surface area contributed by atoms with E-state index in [0.717, 1.165) is 28.1 Å². The van der Waals surface area contributed by atoms with E-state index < -0.39 is 0 Å². The summed E-state index contributed by atoms with van der Waals surface area (Å²) in [6.45, 7) is 3.93. The summed E-state index contributed by atoms with van der Waals surface area (Å²) in [5.74, 6) is 1.84. The maximum absolute atomic E-state index is 13.3. The summed E-state index contributed by atoms with van der Waals surface area (Å²) in [6, 6.07) is 13.4. The summed E-state index contributed by atoms with van der Waals surface area (Å²) < 4.78 is 16.6. The van der Waals surface area contributed by atoms with Crippen LogP contribution in [0.2, 0.25) is 0 Å². The van der Waals surface area contributed by atoms with Crippen molar-refractivity contribution >= 4 is 11.7 Å². The smallest absolute Gasteiger partial charge is 0.225 e. The number of rotatable bonds is 6. The number of ether oxygens (including phenoxy) is 3. The number of benzene rings is 2. The monoisotopic (exact) mass is 435 g/mol. The van der Waals surface area contributed by atoms with Gasteiger partial charge in [0.2, 0.25) is 5.91 Å². The lowest BCUT2D eigenvalue weighted by molar-refractivity contribution is -0.122. The Morgan fingerprint density at radius 3 is 2.25 bits per heavy atom. The van der Waals surface area contributed by atoms with Gasteiger partial charge in [0.15, 0.2) is 17.3 Å². The molecule has 2 unspecified atom stereocenters. The average Bonchev–Trinajstić information content (AvgIpc) is 2.78. The van der Waals surface area contributed by atoms with Gasteiger partial charge in [-0.15, -0.1) is 0 Å². The molecule has 0 radical (unpaired) electrons. The molecule has 0 saturated carbocycles. The summed E-state index contributed by atoms with van der Waals surface area (Å²) in [5.41, 5.74) is 3.43. The van der Waals surface area contributed by atoms with Gasteiger partial charge in [-0.05, 0) is 61.6 Å². The Hall–Kier alpha value is -3.28. The number of allylic oxidation sites excluding steroid dienone is 2. The summed E-state index contributed by atoms with van der Waals surface area (Å²) in [4.78, 5) is 25.8. The summed E-state index contributed by atoms with van der Waals surface area (Å²) in [5, 5.41) is 2.98. The highest BCUT2D eigenvalue weighted by Gasteiger charge is 2.38. The lowest BCUT2D eigenvalue weighted by Gasteiger charge is -2.34. The molecule has 6 heteroatoms. The summed E-state index contributed by atoms with van der Waals surface area (Å²) in [6.07, 6.45) is 1.31. The third-order valence-electron chi connectivity index (χ3n) is 6.08. The van der Waals surface area contributed by atoms with Gasteiger partial charge in [0.25, 0.3) is 0 Å². The van der Waals surface area contributed by atoms with Crippen LogP contribution in [0.15, 0.2) is 53.7 Å². The van der Waals surface area contributed by atoms with Crippen LogP contribution in [0.5, 0.6) is 17.2 Å². The van der Waals surface area contributed by atoms with Crippen molar-refractivity contribution in [3.63, 3.8) is 0 Å². The van der Waals surface area contributed by atoms with Gasteiger partial charge in [0.1, 0.15) is 5.75 Å². The van der Waals surface area contributed by atoms with Crippen molar-refractivity contribution in [2.75, 3.05) is 14.2 Å². The van der Waals surface area contributed by atoms with Crippen LogP contribution >= 0.6 is 0 Å². The Bertz CT molecular complexity index is 1050. The van der Waals surface area contributed by atoms with E-state index in [9.17, 15) is 9.59 Å². The predicted octanol–water partition coefficient (Wildman–Crippen LogP) is 4.50. The predicted molar refractivity (Wildman–Crippen MR) is 121 cm³/mol. The van der Waals surface area contributed by atoms with Crippen LogP contribution in [-0.4, -0.2) is 32.0 Å². The number of carbonyl (C=O) groups is 2. The van der Waals surface area contributed by atoms with Crippen LogP contribution in [0, 0.1) is 0 Å². The van der Waals surface area contributed by atoms with E-state index in [2.05, 4.69) is 5.32 Å². The molecule has 1 aliphatic carbocycles. The second-order valence-electron chi connectivity index (χ2n) is 8.58. The Morgan fingerprint density at radius 1 is 0.875 bits per heavy atom. The minimum absolute atomic E-state index is 0.0295. The molecule has 1 aliphatic heterocycles. The molecule has 2 aliphatic rings. The number of hydrogen-bond donors (Lipinski definition) is 1. The summed E-state index contributed by atoms with van der Waals surface area (Å²) >= 11 is 0. The Morgan fingerprint density at radius 2 is 1.59 bits per heavy atom. The molecule has 0 spiro atoms. The number of nitrogens with one attached hydrogen (secondary N) is 1. The Kier molecular flexibility index (Phi) is 6.21. The molecule has 2 aromatic carbocycles. The first kappa shape index (κ1) is 21.9. The molecule has 0 fully saturated rings. The molecule has 6 nitrogen and oxygen atoms in total. The fourth-order valence-corrected chi connectivity index (χ4v) is 4.61. The van der Waals surface area contributed by atoms with Crippen molar-refractivity contribution in [2.24, 2.45) is 0 Å². The lowest BCUT2D eigenvalue weighted by atomic mass is 9.73. The van der Waals surface area contributed by atoms with Crippen molar-refractivity contribution in [1.82, 2.24) is 5.32 Å². The van der Waals surface area contributed by atoms with E-state index in [1.54, 1.807) is 14.2 Å². The maximum atomic E-state index is 13.3. The minimum atomic E-state index is -0.227. The van der Waals surface area contributed by atoms with Gasteiger partial charge in [-0.2, -0.15) is 0 Å². The molecule has 1 amide bonds. The molecular weight excluding hydrogens is 406 g/mol. The first-order valence-electron chi connectivity index (χ1n) is 10.9. The number of ketones is 1. The highest BCUT2D eigenvalue weighted by atomic mass is 16.5. The minimum Gasteiger partial charge on any atom is -0.497 e. The zero-order valence-electron chi connectivity index (χ0n) is 18.9. The number of amides is 1. The molecule has 168 valence electrons. The second kappa shape index (κ2) is 9.07. The zero-order chi connectivity index (χ0) is 22.8. The van der Waals surface area contributed by atoms with E-state index in [1.165, 1.54) is 0 Å². The third kappa shape index (κ3) is 4.35. The largest absolute Gasteiger partial charge is 0.497 e. The Balaban J connectivity index is 1.64. The van der Waals surface area contributed by atoms with E-state index in [4.69, 9.17) is 14.2 Å². The van der Waals surface area contributed by atoms with Crippen molar-refractivity contribution in [2.45, 2.75) is 51.0 Å². The lowest BCUT2D eigenvalue weighted by Crippen LogP contribution is -2.38. The molecule has 0 aromatic heterocycles. The van der Waals surface area contributed by atoms with Crippen molar-refractivity contribution in [3.05, 3.63) is 64.9 Å². The summed E-state index contributed by atoms with van der Waals surface area (Å²) in [7, 11) is 3.23. The van der Waals surface area contributed by atoms with Gasteiger partial charge in [-0.25, -0.2) is 0 Å². The molecular formula is C26H29NO5. The quantitative estimate of drug-likeness (QED) is 0.723. The fourth-order valence-electron chi connectivity index (χ4n) is 4.61. The Labute approximate surface area is 188 Å². The number of Topliss-reactive ketones (excluding diaryl/α,β-unsaturated/α-hetero) is 1. The van der Waals surface area contributed by atoms with E-state index in [-0.39, 0.29) is 36.1 Å². The van der Waals surface area contributed by atoms with Gasteiger partial charge in [-0.3, -0.25) is 9.59 Å². The van der Waals surface area contributed by atoms with Crippen LogP contribution in [0.4, 0.5) is 0 Å². The number of hydrogen-bond acceptors (Lipinski definition) is 5. The van der Waals surface area contributed by atoms with Crippen molar-refractivity contribution < 1.29 is 23.8 Å². The molecule has 0 saturated heterocycles. The van der Waals surface area contributed by atoms with Crippen LogP contribution in [0.1, 0.15) is 56.1 Å². The first-order valence-corrected chi connectivity index (χ1v) is 10.9. The first-order chi connectivity index (χ1) is 15.4. The highest BCUT2D eigenvalue weighted by molar-refractivity contribution is 6.02. The van der Waals surface area contributed by atoms with E-state index in [1.807, 2.05) is 56.3 Å². The molecule has 4 rings (SSSR count). The van der Waals surface area contributed by atoms with Gasteiger partial charge in [0, 0.05) is 30.0 Å². The van der Waals surface area contributed by atoms with Gasteiger partial charge < -0.3 is 19.5 Å². The topological polar surface area (TPSA) is 73.9 Å². The highest BCUT2D eigenvalue weighted by Crippen LogP contribution is 2.44. The molecule has 2 atom stereocenters. The molecule has 2 aromatic rings.